The summed E-state index contributed by atoms with van der Waals surface area (Å²) in [5.41, 5.74) is 0. The number of methoxy groups -OCH3 is 1. The zero-order valence-corrected chi connectivity index (χ0v) is 8.93. The number of carbonyl (C=O) groups is 2. The van der Waals surface area contributed by atoms with Crippen molar-refractivity contribution in [3.8, 4) is 0 Å². The predicted molar refractivity (Wildman–Crippen MR) is 50.4 cm³/mol. The highest BCUT2D eigenvalue weighted by atomic mass is 35.5. The van der Waals surface area contributed by atoms with Gasteiger partial charge in [0.15, 0.2) is 0 Å². The maximum Gasteiger partial charge on any atom is 0.306 e. The molecule has 3 nitrogen and oxygen atoms in total. The molecule has 0 fully saturated rings. The Morgan fingerprint density at radius 1 is 1.38 bits per heavy atom. The molecule has 0 aromatic rings. The van der Waals surface area contributed by atoms with E-state index in [2.05, 4.69) is 4.74 Å². The molecule has 0 aliphatic heterocycles. The van der Waals surface area contributed by atoms with Crippen molar-refractivity contribution in [1.29, 1.82) is 0 Å². The van der Waals surface area contributed by atoms with Crippen LogP contribution in [0.25, 0.3) is 0 Å². The fourth-order valence-corrected chi connectivity index (χ4v) is 1.28. The fraction of sp³-hybridized carbons (Fsp3) is 0.778. The second-order valence-electron chi connectivity index (χ2n) is 3.41. The Bertz CT molecular complexity index is 189. The van der Waals surface area contributed by atoms with Gasteiger partial charge in [-0.2, -0.15) is 0 Å². The standard InChI is InChI=1S/C9H15ClO3/c1-6(2)4-7(9(10)12)5-8(11)13-3/h6-7H,4-5H2,1-3H3. The lowest BCUT2D eigenvalue weighted by Crippen LogP contribution is -2.17. The molecule has 13 heavy (non-hydrogen) atoms. The number of hydrogen-bond acceptors (Lipinski definition) is 3. The van der Waals surface area contributed by atoms with Gasteiger partial charge in [0.1, 0.15) is 0 Å². The van der Waals surface area contributed by atoms with E-state index in [4.69, 9.17) is 11.6 Å². The predicted octanol–water partition coefficient (Wildman–Crippen LogP) is 1.98. The summed E-state index contributed by atoms with van der Waals surface area (Å²) in [6.07, 6.45) is 0.703. The Morgan fingerprint density at radius 3 is 2.23 bits per heavy atom. The Balaban J connectivity index is 4.10. The molecule has 4 heteroatoms. The lowest BCUT2D eigenvalue weighted by atomic mass is 9.95. The molecule has 0 saturated carbocycles. The van der Waals surface area contributed by atoms with Gasteiger partial charge in [0.05, 0.1) is 13.5 Å². The number of rotatable bonds is 5. The van der Waals surface area contributed by atoms with Gasteiger partial charge in [-0.15, -0.1) is 0 Å². The summed E-state index contributed by atoms with van der Waals surface area (Å²) in [4.78, 5) is 21.8. The number of halogens is 1. The van der Waals surface area contributed by atoms with E-state index in [0.717, 1.165) is 0 Å². The lowest BCUT2D eigenvalue weighted by Gasteiger charge is -2.12. The van der Waals surface area contributed by atoms with Crippen LogP contribution in [0.4, 0.5) is 0 Å². The minimum absolute atomic E-state index is 0.0804. The molecule has 1 atom stereocenters. The Labute approximate surface area is 83.4 Å². The van der Waals surface area contributed by atoms with Crippen LogP contribution in [0.2, 0.25) is 0 Å². The van der Waals surface area contributed by atoms with Crippen LogP contribution in [0, 0.1) is 11.8 Å². The first-order chi connectivity index (χ1) is 5.97. The summed E-state index contributed by atoms with van der Waals surface area (Å²) in [6, 6.07) is 0. The van der Waals surface area contributed by atoms with Crippen LogP contribution in [0.3, 0.4) is 0 Å². The molecule has 0 bridgehead atoms. The van der Waals surface area contributed by atoms with Gasteiger partial charge in [0.2, 0.25) is 5.24 Å². The van der Waals surface area contributed by atoms with Crippen LogP contribution >= 0.6 is 11.6 Å². The summed E-state index contributed by atoms with van der Waals surface area (Å²) < 4.78 is 4.46. The first-order valence-electron chi connectivity index (χ1n) is 4.23. The molecular weight excluding hydrogens is 192 g/mol. The fourth-order valence-electron chi connectivity index (χ4n) is 1.11. The molecule has 0 radical (unpaired) electrons. The van der Waals surface area contributed by atoms with Crippen LogP contribution in [-0.2, 0) is 14.3 Å². The highest BCUT2D eigenvalue weighted by molar-refractivity contribution is 6.64. The third-order valence-corrected chi connectivity index (χ3v) is 2.03. The average molecular weight is 207 g/mol. The van der Waals surface area contributed by atoms with E-state index in [0.29, 0.717) is 12.3 Å². The summed E-state index contributed by atoms with van der Waals surface area (Å²) in [6.45, 7) is 3.95. The van der Waals surface area contributed by atoms with E-state index in [9.17, 15) is 9.59 Å². The molecule has 0 rings (SSSR count). The average Bonchev–Trinajstić information content (AvgIpc) is 2.02. The molecule has 0 aliphatic rings. The van der Waals surface area contributed by atoms with Gasteiger partial charge in [-0.05, 0) is 23.9 Å². The van der Waals surface area contributed by atoms with Crippen molar-refractivity contribution in [2.75, 3.05) is 7.11 Å². The van der Waals surface area contributed by atoms with Crippen LogP contribution in [0.15, 0.2) is 0 Å². The van der Waals surface area contributed by atoms with Crippen LogP contribution in [0.1, 0.15) is 26.7 Å². The molecule has 0 saturated heterocycles. The summed E-state index contributed by atoms with van der Waals surface area (Å²) in [5, 5.41) is -0.459. The van der Waals surface area contributed by atoms with Crippen molar-refractivity contribution < 1.29 is 14.3 Å². The zero-order valence-electron chi connectivity index (χ0n) is 8.17. The maximum absolute atomic E-state index is 10.9. The third kappa shape index (κ3) is 5.64. The molecule has 1 unspecified atom stereocenters. The Kier molecular flexibility index (Phi) is 5.71. The molecule has 0 N–H and O–H groups in total. The van der Waals surface area contributed by atoms with Crippen molar-refractivity contribution in [2.45, 2.75) is 26.7 Å². The molecule has 0 aliphatic carbocycles. The summed E-state index contributed by atoms with van der Waals surface area (Å²) >= 11 is 5.34. The van der Waals surface area contributed by atoms with Gasteiger partial charge in [-0.3, -0.25) is 9.59 Å². The maximum atomic E-state index is 10.9. The largest absolute Gasteiger partial charge is 0.469 e. The van der Waals surface area contributed by atoms with Gasteiger partial charge >= 0.3 is 5.97 Å². The monoisotopic (exact) mass is 206 g/mol. The van der Waals surface area contributed by atoms with E-state index in [-0.39, 0.29) is 12.4 Å². The SMILES string of the molecule is COC(=O)CC(CC(C)C)C(=O)Cl. The first kappa shape index (κ1) is 12.4. The molecule has 0 amide bonds. The van der Waals surface area contributed by atoms with Crippen LogP contribution < -0.4 is 0 Å². The zero-order chi connectivity index (χ0) is 10.4. The highest BCUT2D eigenvalue weighted by Crippen LogP contribution is 2.18. The highest BCUT2D eigenvalue weighted by Gasteiger charge is 2.21. The smallest absolute Gasteiger partial charge is 0.306 e. The second-order valence-corrected chi connectivity index (χ2v) is 3.78. The Morgan fingerprint density at radius 2 is 1.92 bits per heavy atom. The number of hydrogen-bond donors (Lipinski definition) is 0. The number of ether oxygens (including phenoxy) is 1. The second kappa shape index (κ2) is 5.97. The first-order valence-corrected chi connectivity index (χ1v) is 4.61. The normalized spacial score (nSPS) is 12.7. The van der Waals surface area contributed by atoms with E-state index >= 15 is 0 Å². The van der Waals surface area contributed by atoms with E-state index in [1.54, 1.807) is 0 Å². The number of carbonyl (C=O) groups excluding carboxylic acids is 2. The van der Waals surface area contributed by atoms with Gasteiger partial charge in [-0.1, -0.05) is 13.8 Å². The minimum atomic E-state index is -0.459. The molecular formula is C9H15ClO3. The van der Waals surface area contributed by atoms with E-state index in [1.807, 2.05) is 13.8 Å². The van der Waals surface area contributed by atoms with Gasteiger partial charge < -0.3 is 4.74 Å². The quantitative estimate of drug-likeness (QED) is 0.510. The van der Waals surface area contributed by atoms with Crippen molar-refractivity contribution >= 4 is 22.8 Å². The Hall–Kier alpha value is -0.570. The van der Waals surface area contributed by atoms with Crippen molar-refractivity contribution in [3.63, 3.8) is 0 Å². The van der Waals surface area contributed by atoms with Crippen molar-refractivity contribution in [2.24, 2.45) is 11.8 Å². The van der Waals surface area contributed by atoms with Gasteiger partial charge in [-0.25, -0.2) is 0 Å². The van der Waals surface area contributed by atoms with Gasteiger partial charge in [0, 0.05) is 5.92 Å². The molecule has 0 aromatic carbocycles. The van der Waals surface area contributed by atoms with Crippen LogP contribution in [0.5, 0.6) is 0 Å². The van der Waals surface area contributed by atoms with Gasteiger partial charge in [0.25, 0.3) is 0 Å². The van der Waals surface area contributed by atoms with Crippen molar-refractivity contribution in [3.05, 3.63) is 0 Å². The lowest BCUT2D eigenvalue weighted by molar-refractivity contribution is -0.143. The topological polar surface area (TPSA) is 43.4 Å². The number of esters is 1. The third-order valence-electron chi connectivity index (χ3n) is 1.72. The van der Waals surface area contributed by atoms with Crippen molar-refractivity contribution in [1.82, 2.24) is 0 Å². The molecule has 0 spiro atoms. The summed E-state index contributed by atoms with van der Waals surface area (Å²) in [7, 11) is 1.30. The van der Waals surface area contributed by atoms with E-state index < -0.39 is 11.2 Å². The molecule has 0 aromatic heterocycles. The summed E-state index contributed by atoms with van der Waals surface area (Å²) in [5.74, 6) is -0.453. The molecule has 0 heterocycles. The van der Waals surface area contributed by atoms with E-state index in [1.165, 1.54) is 7.11 Å². The molecule has 76 valence electrons. The minimum Gasteiger partial charge on any atom is -0.469 e. The van der Waals surface area contributed by atoms with Crippen LogP contribution in [-0.4, -0.2) is 18.3 Å².